The molecule has 0 amide bonds. The third-order valence-corrected chi connectivity index (χ3v) is 6.39. The van der Waals surface area contributed by atoms with Crippen LogP contribution in [0.25, 0.3) is 0 Å². The zero-order valence-electron chi connectivity index (χ0n) is 16.4. The van der Waals surface area contributed by atoms with E-state index < -0.39 is 86.0 Å². The number of nitrogens with two attached hydrogens (primary N) is 4. The Morgan fingerprint density at radius 1 is 0.967 bits per heavy atom. The smallest absolute Gasteiger partial charge is 0.187 e. The van der Waals surface area contributed by atoms with Crippen LogP contribution in [0, 0.1) is 11.8 Å². The summed E-state index contributed by atoms with van der Waals surface area (Å²) in [5, 5.41) is 60.8. The highest BCUT2D eigenvalue weighted by atomic mass is 16.7. The Kier molecular flexibility index (Phi) is 7.67. The van der Waals surface area contributed by atoms with Gasteiger partial charge in [-0.1, -0.05) is 0 Å². The maximum atomic E-state index is 10.6. The molecular formula is C17H34N4O9. The molecule has 1 saturated heterocycles. The molecule has 2 saturated carbocycles. The lowest BCUT2D eigenvalue weighted by molar-refractivity contribution is -0.242. The SMILES string of the molecule is NCC1C([C@H](N)[C@H](O)OC2[C@@H](CO)O[C@@H](OC3[C@H](O)C(N)C[C@@H](N)[C@H]3O)[C@H]2O)[C@@H]1O. The standard InChI is InChI=1S/C17H34N4O9/c18-2-4-8(10(4)23)9(21)16(27)29-14-7(3-22)28-17(13(14)26)30-15-11(24)5(19)1-6(20)12(15)25/h4-17,22-27H,1-3,18-21H2/t4?,5-,6?,7-,8?,9+,10-,11-,12-,13+,14?,15?,16-,17+/m1/s1. The van der Waals surface area contributed by atoms with Crippen molar-refractivity contribution < 1.29 is 44.8 Å². The maximum Gasteiger partial charge on any atom is 0.187 e. The highest BCUT2D eigenvalue weighted by Crippen LogP contribution is 2.41. The van der Waals surface area contributed by atoms with Gasteiger partial charge in [-0.25, -0.2) is 0 Å². The van der Waals surface area contributed by atoms with Gasteiger partial charge in [-0.2, -0.15) is 0 Å². The Hall–Kier alpha value is -0.520. The fourth-order valence-electron chi connectivity index (χ4n) is 4.36. The second kappa shape index (κ2) is 9.54. The molecule has 3 aliphatic rings. The lowest BCUT2D eigenvalue weighted by Crippen LogP contribution is -2.63. The van der Waals surface area contributed by atoms with Gasteiger partial charge < -0.3 is 67.8 Å². The summed E-state index contributed by atoms with van der Waals surface area (Å²) in [6, 6.07) is -2.46. The zero-order valence-corrected chi connectivity index (χ0v) is 16.4. The highest BCUT2D eigenvalue weighted by molar-refractivity contribution is 5.04. The summed E-state index contributed by atoms with van der Waals surface area (Å²) in [5.74, 6) is -0.713. The van der Waals surface area contributed by atoms with Gasteiger partial charge in [0.05, 0.1) is 31.0 Å². The van der Waals surface area contributed by atoms with E-state index in [4.69, 9.17) is 37.1 Å². The van der Waals surface area contributed by atoms with Crippen molar-refractivity contribution in [3.63, 3.8) is 0 Å². The second-order valence-corrected chi connectivity index (χ2v) is 8.40. The summed E-state index contributed by atoms with van der Waals surface area (Å²) in [6.07, 6.45) is -11.1. The largest absolute Gasteiger partial charge is 0.394 e. The van der Waals surface area contributed by atoms with Crippen LogP contribution in [-0.4, -0.2) is 117 Å². The first-order valence-corrected chi connectivity index (χ1v) is 10.1. The summed E-state index contributed by atoms with van der Waals surface area (Å²) in [4.78, 5) is 0. The molecule has 3 fully saturated rings. The van der Waals surface area contributed by atoms with E-state index in [0.29, 0.717) is 0 Å². The summed E-state index contributed by atoms with van der Waals surface area (Å²) >= 11 is 0. The van der Waals surface area contributed by atoms with Gasteiger partial charge in [0, 0.05) is 23.9 Å². The first-order valence-electron chi connectivity index (χ1n) is 10.1. The normalized spacial score (nSPS) is 51.0. The van der Waals surface area contributed by atoms with Crippen LogP contribution in [0.4, 0.5) is 0 Å². The van der Waals surface area contributed by atoms with Crippen LogP contribution in [0.2, 0.25) is 0 Å². The Balaban J connectivity index is 1.63. The van der Waals surface area contributed by atoms with Crippen LogP contribution < -0.4 is 22.9 Å². The van der Waals surface area contributed by atoms with E-state index in [9.17, 15) is 30.6 Å². The number of rotatable bonds is 8. The minimum Gasteiger partial charge on any atom is -0.394 e. The van der Waals surface area contributed by atoms with Crippen LogP contribution in [0.5, 0.6) is 0 Å². The second-order valence-electron chi connectivity index (χ2n) is 8.40. The van der Waals surface area contributed by atoms with Crippen molar-refractivity contribution in [2.45, 2.75) is 79.9 Å². The van der Waals surface area contributed by atoms with E-state index in [1.165, 1.54) is 0 Å². The van der Waals surface area contributed by atoms with Crippen molar-refractivity contribution in [3.05, 3.63) is 0 Å². The Labute approximate surface area is 173 Å². The van der Waals surface area contributed by atoms with E-state index in [1.54, 1.807) is 0 Å². The quantitative estimate of drug-likeness (QED) is 0.158. The van der Waals surface area contributed by atoms with Crippen molar-refractivity contribution >= 4 is 0 Å². The lowest BCUT2D eigenvalue weighted by atomic mass is 9.84. The molecule has 5 unspecified atom stereocenters. The summed E-state index contributed by atoms with van der Waals surface area (Å²) < 4.78 is 16.4. The summed E-state index contributed by atoms with van der Waals surface area (Å²) in [7, 11) is 0. The minimum absolute atomic E-state index is 0.183. The molecule has 1 heterocycles. The van der Waals surface area contributed by atoms with Gasteiger partial charge in [-0.3, -0.25) is 0 Å². The third kappa shape index (κ3) is 4.49. The summed E-state index contributed by atoms with van der Waals surface area (Å²) in [6.45, 7) is -0.372. The van der Waals surface area contributed by atoms with Crippen molar-refractivity contribution in [1.82, 2.24) is 0 Å². The van der Waals surface area contributed by atoms with Gasteiger partial charge in [-0.05, 0) is 13.0 Å². The van der Waals surface area contributed by atoms with Crippen LogP contribution >= 0.6 is 0 Å². The van der Waals surface area contributed by atoms with Gasteiger partial charge >= 0.3 is 0 Å². The fourth-order valence-corrected chi connectivity index (χ4v) is 4.36. The molecule has 0 radical (unpaired) electrons. The Bertz CT molecular complexity index is 563. The molecule has 2 aliphatic carbocycles. The Morgan fingerprint density at radius 2 is 1.57 bits per heavy atom. The van der Waals surface area contributed by atoms with Gasteiger partial charge in [-0.15, -0.1) is 0 Å². The van der Waals surface area contributed by atoms with Crippen LogP contribution in [0.3, 0.4) is 0 Å². The van der Waals surface area contributed by atoms with Gasteiger partial charge in [0.2, 0.25) is 0 Å². The molecule has 3 rings (SSSR count). The minimum atomic E-state index is -1.58. The number of hydrogen-bond acceptors (Lipinski definition) is 13. The van der Waals surface area contributed by atoms with Gasteiger partial charge in [0.15, 0.2) is 12.6 Å². The molecular weight excluding hydrogens is 404 g/mol. The predicted octanol–water partition coefficient (Wildman–Crippen LogP) is -6.17. The molecule has 14 atom stereocenters. The monoisotopic (exact) mass is 438 g/mol. The molecule has 0 spiro atoms. The molecule has 1 aliphatic heterocycles. The van der Waals surface area contributed by atoms with Gasteiger partial charge in [0.25, 0.3) is 0 Å². The third-order valence-electron chi connectivity index (χ3n) is 6.39. The van der Waals surface area contributed by atoms with E-state index in [2.05, 4.69) is 0 Å². The maximum absolute atomic E-state index is 10.6. The van der Waals surface area contributed by atoms with Crippen molar-refractivity contribution in [3.8, 4) is 0 Å². The van der Waals surface area contributed by atoms with E-state index in [1.807, 2.05) is 0 Å². The van der Waals surface area contributed by atoms with Gasteiger partial charge in [0.1, 0.15) is 24.4 Å². The molecule has 176 valence electrons. The molecule has 0 aromatic heterocycles. The molecule has 0 aromatic carbocycles. The van der Waals surface area contributed by atoms with Crippen LogP contribution in [0.15, 0.2) is 0 Å². The van der Waals surface area contributed by atoms with E-state index >= 15 is 0 Å². The highest BCUT2D eigenvalue weighted by Gasteiger charge is 2.55. The number of hydrogen-bond donors (Lipinski definition) is 10. The number of ether oxygens (including phenoxy) is 3. The predicted molar refractivity (Wildman–Crippen MR) is 100 cm³/mol. The molecule has 0 bridgehead atoms. The van der Waals surface area contributed by atoms with E-state index in [0.717, 1.165) is 0 Å². The molecule has 30 heavy (non-hydrogen) atoms. The zero-order chi connectivity index (χ0) is 22.3. The average Bonchev–Trinajstić information content (AvgIpc) is 3.28. The number of aliphatic hydroxyl groups excluding tert-OH is 6. The van der Waals surface area contributed by atoms with Crippen molar-refractivity contribution in [1.29, 1.82) is 0 Å². The fraction of sp³-hybridized carbons (Fsp3) is 1.00. The first-order chi connectivity index (χ1) is 14.1. The molecule has 0 aromatic rings. The first kappa shape index (κ1) is 24.1. The lowest BCUT2D eigenvalue weighted by Gasteiger charge is -2.41. The number of aliphatic hydroxyl groups is 6. The van der Waals surface area contributed by atoms with Crippen LogP contribution in [0.1, 0.15) is 6.42 Å². The molecule has 13 heteroatoms. The Morgan fingerprint density at radius 3 is 2.07 bits per heavy atom. The van der Waals surface area contributed by atoms with Crippen LogP contribution in [-0.2, 0) is 14.2 Å². The van der Waals surface area contributed by atoms with Crippen molar-refractivity contribution in [2.75, 3.05) is 13.2 Å². The molecule has 13 nitrogen and oxygen atoms in total. The average molecular weight is 438 g/mol. The van der Waals surface area contributed by atoms with Crippen molar-refractivity contribution in [2.24, 2.45) is 34.8 Å². The topological polar surface area (TPSA) is 253 Å². The molecule has 14 N–H and O–H groups in total. The summed E-state index contributed by atoms with van der Waals surface area (Å²) in [5.41, 5.74) is 23.1. The van der Waals surface area contributed by atoms with E-state index in [-0.39, 0.29) is 18.9 Å².